The van der Waals surface area contributed by atoms with Crippen molar-refractivity contribution in [1.29, 1.82) is 0 Å². The number of β-lactam (4-membered cyclic amide) rings is 1. The third-order valence-electron chi connectivity index (χ3n) is 4.41. The van der Waals surface area contributed by atoms with Gasteiger partial charge in [-0.05, 0) is 43.7 Å². The van der Waals surface area contributed by atoms with E-state index in [0.717, 1.165) is 17.0 Å². The number of ether oxygens (including phenoxy) is 1. The van der Waals surface area contributed by atoms with Crippen LogP contribution in [0.1, 0.15) is 19.4 Å². The van der Waals surface area contributed by atoms with Crippen molar-refractivity contribution in [3.63, 3.8) is 0 Å². The highest BCUT2D eigenvalue weighted by Gasteiger charge is 2.53. The molecule has 3 heteroatoms. The number of carbonyl (C=O) groups is 1. The standard InChI is InChI=1S/C20H21NO2/c1-20(2)18(14-9-15-7-5-4-6-8-15)21(19(20)22)16-10-12-17(23-3)13-11-16/h4-14,18H,1-3H3/b14-9+/t18-/m0/s1. The van der Waals surface area contributed by atoms with Gasteiger partial charge in [0.25, 0.3) is 0 Å². The minimum absolute atomic E-state index is 0.0450. The minimum atomic E-state index is -0.384. The Hall–Kier alpha value is -2.55. The molecule has 2 aromatic rings. The van der Waals surface area contributed by atoms with Gasteiger partial charge >= 0.3 is 0 Å². The van der Waals surface area contributed by atoms with Crippen LogP contribution in [0.5, 0.6) is 5.75 Å². The summed E-state index contributed by atoms with van der Waals surface area (Å²) in [7, 11) is 1.64. The topological polar surface area (TPSA) is 29.5 Å². The van der Waals surface area contributed by atoms with Crippen LogP contribution in [0, 0.1) is 5.41 Å². The fourth-order valence-electron chi connectivity index (χ4n) is 2.93. The molecule has 0 bridgehead atoms. The van der Waals surface area contributed by atoms with Gasteiger partial charge in [0.15, 0.2) is 0 Å². The van der Waals surface area contributed by atoms with Gasteiger partial charge < -0.3 is 9.64 Å². The number of carbonyl (C=O) groups excluding carboxylic acids is 1. The van der Waals surface area contributed by atoms with Crippen molar-refractivity contribution in [1.82, 2.24) is 0 Å². The number of amides is 1. The van der Waals surface area contributed by atoms with E-state index in [-0.39, 0.29) is 17.4 Å². The summed E-state index contributed by atoms with van der Waals surface area (Å²) in [6.45, 7) is 3.99. The lowest BCUT2D eigenvalue weighted by molar-refractivity contribution is -0.135. The van der Waals surface area contributed by atoms with E-state index in [4.69, 9.17) is 4.74 Å². The number of hydrogen-bond acceptors (Lipinski definition) is 2. The molecule has 0 aromatic heterocycles. The molecule has 0 aliphatic carbocycles. The summed E-state index contributed by atoms with van der Waals surface area (Å²) in [6, 6.07) is 17.8. The van der Waals surface area contributed by atoms with Gasteiger partial charge in [0, 0.05) is 5.69 Å². The zero-order valence-electron chi connectivity index (χ0n) is 13.7. The zero-order chi connectivity index (χ0) is 16.4. The number of methoxy groups -OCH3 is 1. The molecule has 3 rings (SSSR count). The fraction of sp³-hybridized carbons (Fsp3) is 0.250. The van der Waals surface area contributed by atoms with Crippen LogP contribution in [0.2, 0.25) is 0 Å². The highest BCUT2D eigenvalue weighted by molar-refractivity contribution is 6.06. The van der Waals surface area contributed by atoms with Crippen molar-refractivity contribution < 1.29 is 9.53 Å². The van der Waals surface area contributed by atoms with E-state index >= 15 is 0 Å². The van der Waals surface area contributed by atoms with E-state index in [2.05, 4.69) is 24.3 Å². The second-order valence-electron chi connectivity index (χ2n) is 6.31. The molecule has 23 heavy (non-hydrogen) atoms. The van der Waals surface area contributed by atoms with Crippen LogP contribution in [0.3, 0.4) is 0 Å². The van der Waals surface area contributed by atoms with Crippen molar-refractivity contribution in [3.05, 3.63) is 66.2 Å². The third-order valence-corrected chi connectivity index (χ3v) is 4.41. The van der Waals surface area contributed by atoms with Crippen LogP contribution in [-0.4, -0.2) is 19.1 Å². The molecule has 1 fully saturated rings. The Morgan fingerprint density at radius 1 is 1.04 bits per heavy atom. The molecule has 1 aliphatic heterocycles. The maximum absolute atomic E-state index is 12.5. The van der Waals surface area contributed by atoms with Crippen molar-refractivity contribution in [2.75, 3.05) is 12.0 Å². The fourth-order valence-corrected chi connectivity index (χ4v) is 2.93. The Kier molecular flexibility index (Phi) is 3.95. The normalized spacial score (nSPS) is 19.7. The summed E-state index contributed by atoms with van der Waals surface area (Å²) in [6.07, 6.45) is 4.19. The lowest BCUT2D eigenvalue weighted by Crippen LogP contribution is -2.66. The van der Waals surface area contributed by atoms with E-state index in [0.29, 0.717) is 0 Å². The summed E-state index contributed by atoms with van der Waals surface area (Å²) in [4.78, 5) is 14.4. The van der Waals surface area contributed by atoms with Gasteiger partial charge in [0.2, 0.25) is 5.91 Å². The first-order valence-electron chi connectivity index (χ1n) is 7.75. The van der Waals surface area contributed by atoms with Gasteiger partial charge in [-0.3, -0.25) is 4.79 Å². The number of rotatable bonds is 4. The number of hydrogen-bond donors (Lipinski definition) is 0. The molecule has 0 unspecified atom stereocenters. The summed E-state index contributed by atoms with van der Waals surface area (Å²) in [5.74, 6) is 0.933. The van der Waals surface area contributed by atoms with Crippen LogP contribution in [0.15, 0.2) is 60.7 Å². The van der Waals surface area contributed by atoms with Crippen molar-refractivity contribution in [2.24, 2.45) is 5.41 Å². The monoisotopic (exact) mass is 307 g/mol. The molecule has 3 nitrogen and oxygen atoms in total. The van der Waals surface area contributed by atoms with Crippen LogP contribution in [-0.2, 0) is 4.79 Å². The van der Waals surface area contributed by atoms with Gasteiger partial charge in [-0.1, -0.05) is 42.5 Å². The molecular weight excluding hydrogens is 286 g/mol. The lowest BCUT2D eigenvalue weighted by atomic mass is 9.73. The quantitative estimate of drug-likeness (QED) is 0.794. The molecule has 1 aliphatic rings. The molecule has 1 amide bonds. The van der Waals surface area contributed by atoms with Crippen molar-refractivity contribution in [2.45, 2.75) is 19.9 Å². The highest BCUT2D eigenvalue weighted by atomic mass is 16.5. The molecule has 0 N–H and O–H groups in total. The highest BCUT2D eigenvalue weighted by Crippen LogP contribution is 2.43. The molecule has 2 aromatic carbocycles. The minimum Gasteiger partial charge on any atom is -0.497 e. The maximum atomic E-state index is 12.5. The number of anilines is 1. The van der Waals surface area contributed by atoms with Crippen LogP contribution < -0.4 is 9.64 Å². The van der Waals surface area contributed by atoms with E-state index in [1.807, 2.05) is 61.2 Å². The van der Waals surface area contributed by atoms with Gasteiger partial charge in [-0.15, -0.1) is 0 Å². The molecule has 1 atom stereocenters. The van der Waals surface area contributed by atoms with Crippen molar-refractivity contribution >= 4 is 17.7 Å². The molecule has 0 saturated carbocycles. The molecule has 0 radical (unpaired) electrons. The Morgan fingerprint density at radius 2 is 1.70 bits per heavy atom. The van der Waals surface area contributed by atoms with Gasteiger partial charge in [-0.25, -0.2) is 0 Å². The second-order valence-corrected chi connectivity index (χ2v) is 6.31. The molecular formula is C20H21NO2. The smallest absolute Gasteiger partial charge is 0.235 e. The van der Waals surface area contributed by atoms with Crippen LogP contribution in [0.4, 0.5) is 5.69 Å². The Balaban J connectivity index is 1.86. The van der Waals surface area contributed by atoms with Crippen LogP contribution in [0.25, 0.3) is 6.08 Å². The van der Waals surface area contributed by atoms with E-state index in [1.54, 1.807) is 7.11 Å². The first-order chi connectivity index (χ1) is 11.0. The summed E-state index contributed by atoms with van der Waals surface area (Å²) in [5, 5.41) is 0. The number of benzene rings is 2. The summed E-state index contributed by atoms with van der Waals surface area (Å²) >= 11 is 0. The molecule has 1 heterocycles. The number of nitrogens with zero attached hydrogens (tertiary/aromatic N) is 1. The molecule has 118 valence electrons. The largest absolute Gasteiger partial charge is 0.497 e. The predicted molar refractivity (Wildman–Crippen MR) is 93.5 cm³/mol. The third kappa shape index (κ3) is 2.74. The summed E-state index contributed by atoms with van der Waals surface area (Å²) in [5.41, 5.74) is 1.65. The second kappa shape index (κ2) is 5.92. The Labute approximate surface area is 137 Å². The maximum Gasteiger partial charge on any atom is 0.235 e. The first-order valence-corrected chi connectivity index (χ1v) is 7.75. The molecule has 0 spiro atoms. The SMILES string of the molecule is COc1ccc(N2C(=O)C(C)(C)[C@@H]2/C=C/c2ccccc2)cc1. The summed E-state index contributed by atoms with van der Waals surface area (Å²) < 4.78 is 5.18. The van der Waals surface area contributed by atoms with Gasteiger partial charge in [0.1, 0.15) is 5.75 Å². The van der Waals surface area contributed by atoms with E-state index < -0.39 is 0 Å². The average Bonchev–Trinajstić information content (AvgIpc) is 2.59. The first kappa shape index (κ1) is 15.3. The van der Waals surface area contributed by atoms with Gasteiger partial charge in [0.05, 0.1) is 18.6 Å². The Bertz CT molecular complexity index is 717. The predicted octanol–water partition coefficient (Wildman–Crippen LogP) is 4.15. The van der Waals surface area contributed by atoms with Crippen molar-refractivity contribution in [3.8, 4) is 5.75 Å². The Morgan fingerprint density at radius 3 is 2.30 bits per heavy atom. The lowest BCUT2D eigenvalue weighted by Gasteiger charge is -2.51. The van der Waals surface area contributed by atoms with Crippen LogP contribution >= 0.6 is 0 Å². The van der Waals surface area contributed by atoms with Gasteiger partial charge in [-0.2, -0.15) is 0 Å². The van der Waals surface area contributed by atoms with E-state index in [9.17, 15) is 4.79 Å². The molecule has 1 saturated heterocycles. The average molecular weight is 307 g/mol. The van der Waals surface area contributed by atoms with E-state index in [1.165, 1.54) is 0 Å². The zero-order valence-corrected chi connectivity index (χ0v) is 13.7.